The minimum absolute atomic E-state index is 0.354. The number of carbonyl (C=O) groups excluding carboxylic acids is 1. The number of aryl methyl sites for hydroxylation is 1. The second-order valence-electron chi connectivity index (χ2n) is 4.47. The van der Waals surface area contributed by atoms with Gasteiger partial charge in [0.25, 0.3) is 0 Å². The van der Waals surface area contributed by atoms with Crippen LogP contribution in [0.5, 0.6) is 0 Å². The first-order valence-corrected chi connectivity index (χ1v) is 5.87. The number of urea groups is 1. The topological polar surface area (TPSA) is 78.4 Å². The van der Waals surface area contributed by atoms with Crippen LogP contribution >= 0.6 is 0 Å². The van der Waals surface area contributed by atoms with E-state index in [2.05, 4.69) is 10.6 Å². The van der Waals surface area contributed by atoms with Crippen LogP contribution in [0.4, 0.5) is 14.9 Å². The van der Waals surface area contributed by atoms with Crippen LogP contribution in [0.1, 0.15) is 19.4 Å². The van der Waals surface area contributed by atoms with E-state index in [1.807, 2.05) is 0 Å². The molecule has 0 aliphatic rings. The number of anilines is 1. The van der Waals surface area contributed by atoms with Crippen LogP contribution in [0.15, 0.2) is 18.2 Å². The third kappa shape index (κ3) is 4.24. The lowest BCUT2D eigenvalue weighted by Crippen LogP contribution is -2.42. The summed E-state index contributed by atoms with van der Waals surface area (Å²) in [5, 5.41) is 13.8. The SMILES string of the molecule is Cc1ccc(F)cc1NC(=O)NC(C)C(C)C(=O)O. The Morgan fingerprint density at radius 1 is 1.32 bits per heavy atom. The number of carbonyl (C=O) groups is 2. The van der Waals surface area contributed by atoms with Gasteiger partial charge in [0.15, 0.2) is 0 Å². The van der Waals surface area contributed by atoms with E-state index in [1.165, 1.54) is 19.1 Å². The predicted octanol–water partition coefficient (Wildman–Crippen LogP) is 2.36. The van der Waals surface area contributed by atoms with Crippen molar-refractivity contribution >= 4 is 17.7 Å². The van der Waals surface area contributed by atoms with Crippen LogP contribution in [0.2, 0.25) is 0 Å². The van der Waals surface area contributed by atoms with Crippen LogP contribution in [-0.2, 0) is 4.79 Å². The first kappa shape index (κ1) is 14.9. The number of amides is 2. The van der Waals surface area contributed by atoms with E-state index in [9.17, 15) is 14.0 Å². The Morgan fingerprint density at radius 2 is 1.95 bits per heavy atom. The van der Waals surface area contributed by atoms with Crippen molar-refractivity contribution in [3.05, 3.63) is 29.6 Å². The van der Waals surface area contributed by atoms with Gasteiger partial charge >= 0.3 is 12.0 Å². The Labute approximate surface area is 110 Å². The molecule has 1 aromatic rings. The normalized spacial score (nSPS) is 13.5. The van der Waals surface area contributed by atoms with Gasteiger partial charge < -0.3 is 15.7 Å². The maximum atomic E-state index is 13.0. The first-order valence-electron chi connectivity index (χ1n) is 5.87. The number of hydrogen-bond donors (Lipinski definition) is 3. The Bertz CT molecular complexity index is 491. The molecule has 1 rings (SSSR count). The number of aliphatic carboxylic acids is 1. The smallest absolute Gasteiger partial charge is 0.319 e. The van der Waals surface area contributed by atoms with Gasteiger partial charge in [-0.2, -0.15) is 0 Å². The maximum absolute atomic E-state index is 13.0. The molecule has 0 heterocycles. The lowest BCUT2D eigenvalue weighted by atomic mass is 10.0. The summed E-state index contributed by atoms with van der Waals surface area (Å²) in [6.07, 6.45) is 0. The largest absolute Gasteiger partial charge is 0.481 e. The van der Waals surface area contributed by atoms with E-state index in [-0.39, 0.29) is 0 Å². The highest BCUT2D eigenvalue weighted by molar-refractivity contribution is 5.90. The second-order valence-corrected chi connectivity index (χ2v) is 4.47. The van der Waals surface area contributed by atoms with Crippen molar-refractivity contribution in [2.45, 2.75) is 26.8 Å². The third-order valence-electron chi connectivity index (χ3n) is 2.95. The number of carboxylic acid groups (broad SMARTS) is 1. The molecular formula is C13H17FN2O3. The lowest BCUT2D eigenvalue weighted by molar-refractivity contribution is -0.141. The summed E-state index contributed by atoms with van der Waals surface area (Å²) in [6.45, 7) is 4.83. The van der Waals surface area contributed by atoms with E-state index in [4.69, 9.17) is 5.11 Å². The molecule has 2 amide bonds. The molecular weight excluding hydrogens is 251 g/mol. The standard InChI is InChI=1S/C13H17FN2O3/c1-7-4-5-10(14)6-11(7)16-13(19)15-9(3)8(2)12(17)18/h4-6,8-9H,1-3H3,(H,17,18)(H2,15,16,19). The summed E-state index contributed by atoms with van der Waals surface area (Å²) in [4.78, 5) is 22.4. The Kier molecular flexibility index (Phi) is 4.86. The lowest BCUT2D eigenvalue weighted by Gasteiger charge is -2.18. The predicted molar refractivity (Wildman–Crippen MR) is 69.6 cm³/mol. The van der Waals surface area contributed by atoms with E-state index in [0.29, 0.717) is 5.69 Å². The fourth-order valence-electron chi connectivity index (χ4n) is 1.43. The third-order valence-corrected chi connectivity index (χ3v) is 2.95. The van der Waals surface area contributed by atoms with Gasteiger partial charge in [0.05, 0.1) is 5.92 Å². The van der Waals surface area contributed by atoms with Gasteiger partial charge in [0, 0.05) is 11.7 Å². The number of hydrogen-bond acceptors (Lipinski definition) is 2. The molecule has 0 aliphatic heterocycles. The summed E-state index contributed by atoms with van der Waals surface area (Å²) >= 11 is 0. The van der Waals surface area contributed by atoms with E-state index in [0.717, 1.165) is 5.56 Å². The van der Waals surface area contributed by atoms with Crippen molar-refractivity contribution in [3.63, 3.8) is 0 Å². The molecule has 0 aromatic heterocycles. The molecule has 2 atom stereocenters. The zero-order valence-corrected chi connectivity index (χ0v) is 11.0. The van der Waals surface area contributed by atoms with Gasteiger partial charge in [0.2, 0.25) is 0 Å². The van der Waals surface area contributed by atoms with Crippen molar-refractivity contribution in [1.29, 1.82) is 0 Å². The Balaban J connectivity index is 2.65. The summed E-state index contributed by atoms with van der Waals surface area (Å²) in [7, 11) is 0. The minimum Gasteiger partial charge on any atom is -0.481 e. The van der Waals surface area contributed by atoms with Crippen LogP contribution < -0.4 is 10.6 Å². The van der Waals surface area contributed by atoms with Crippen molar-refractivity contribution in [2.24, 2.45) is 5.92 Å². The van der Waals surface area contributed by atoms with Crippen molar-refractivity contribution in [3.8, 4) is 0 Å². The first-order chi connectivity index (χ1) is 8.81. The fraction of sp³-hybridized carbons (Fsp3) is 0.385. The molecule has 5 nitrogen and oxygen atoms in total. The highest BCUT2D eigenvalue weighted by atomic mass is 19.1. The molecule has 0 radical (unpaired) electrons. The number of carboxylic acids is 1. The number of nitrogens with one attached hydrogen (secondary N) is 2. The fourth-order valence-corrected chi connectivity index (χ4v) is 1.43. The monoisotopic (exact) mass is 268 g/mol. The summed E-state index contributed by atoms with van der Waals surface area (Å²) in [5.74, 6) is -2.15. The highest BCUT2D eigenvalue weighted by Crippen LogP contribution is 2.15. The number of benzene rings is 1. The van der Waals surface area contributed by atoms with Crippen molar-refractivity contribution < 1.29 is 19.1 Å². The molecule has 1 aromatic carbocycles. The summed E-state index contributed by atoms with van der Waals surface area (Å²) in [5.41, 5.74) is 1.07. The van der Waals surface area contributed by atoms with Gasteiger partial charge in [-0.15, -0.1) is 0 Å². The van der Waals surface area contributed by atoms with Gasteiger partial charge in [-0.3, -0.25) is 4.79 Å². The molecule has 2 unspecified atom stereocenters. The molecule has 104 valence electrons. The molecule has 19 heavy (non-hydrogen) atoms. The minimum atomic E-state index is -0.991. The van der Waals surface area contributed by atoms with Gasteiger partial charge in [-0.1, -0.05) is 6.07 Å². The van der Waals surface area contributed by atoms with E-state index >= 15 is 0 Å². The molecule has 0 saturated heterocycles. The molecule has 0 spiro atoms. The van der Waals surface area contributed by atoms with Crippen LogP contribution in [0, 0.1) is 18.7 Å². The van der Waals surface area contributed by atoms with Gasteiger partial charge in [-0.05, 0) is 38.5 Å². The molecule has 3 N–H and O–H groups in total. The highest BCUT2D eigenvalue weighted by Gasteiger charge is 2.21. The average molecular weight is 268 g/mol. The van der Waals surface area contributed by atoms with E-state index < -0.39 is 29.8 Å². The average Bonchev–Trinajstić information content (AvgIpc) is 2.32. The van der Waals surface area contributed by atoms with E-state index in [1.54, 1.807) is 19.9 Å². The van der Waals surface area contributed by atoms with Crippen LogP contribution in [0.25, 0.3) is 0 Å². The zero-order chi connectivity index (χ0) is 14.6. The van der Waals surface area contributed by atoms with Crippen LogP contribution in [0.3, 0.4) is 0 Å². The van der Waals surface area contributed by atoms with Crippen molar-refractivity contribution in [2.75, 3.05) is 5.32 Å². The quantitative estimate of drug-likeness (QED) is 0.784. The molecule has 6 heteroatoms. The van der Waals surface area contributed by atoms with Crippen molar-refractivity contribution in [1.82, 2.24) is 5.32 Å². The zero-order valence-electron chi connectivity index (χ0n) is 11.0. The Hall–Kier alpha value is -2.11. The molecule has 0 bridgehead atoms. The summed E-state index contributed by atoms with van der Waals surface area (Å²) in [6, 6.07) is 2.96. The summed E-state index contributed by atoms with van der Waals surface area (Å²) < 4.78 is 13.0. The molecule has 0 fully saturated rings. The van der Waals surface area contributed by atoms with Crippen LogP contribution in [-0.4, -0.2) is 23.1 Å². The number of halogens is 1. The van der Waals surface area contributed by atoms with Gasteiger partial charge in [0.1, 0.15) is 5.82 Å². The van der Waals surface area contributed by atoms with Gasteiger partial charge in [-0.25, -0.2) is 9.18 Å². The second kappa shape index (κ2) is 6.17. The molecule has 0 saturated carbocycles. The molecule has 0 aliphatic carbocycles. The Morgan fingerprint density at radius 3 is 2.53 bits per heavy atom. The number of rotatable bonds is 4. The maximum Gasteiger partial charge on any atom is 0.319 e.